The number of rotatable bonds is 4. The van der Waals surface area contributed by atoms with Crippen LogP contribution in [0.25, 0.3) is 5.69 Å². The molecule has 1 N–H and O–H groups in total. The van der Waals surface area contributed by atoms with E-state index in [4.69, 9.17) is 0 Å². The Morgan fingerprint density at radius 2 is 2.00 bits per heavy atom. The Balaban J connectivity index is 2.19. The highest BCUT2D eigenvalue weighted by Gasteiger charge is 2.05. The third-order valence-corrected chi connectivity index (χ3v) is 2.31. The fourth-order valence-electron chi connectivity index (χ4n) is 1.47. The van der Waals surface area contributed by atoms with E-state index >= 15 is 0 Å². The molecule has 1 aromatic heterocycles. The fourth-order valence-corrected chi connectivity index (χ4v) is 1.47. The van der Waals surface area contributed by atoms with Crippen LogP contribution in [-0.4, -0.2) is 21.0 Å². The lowest BCUT2D eigenvalue weighted by Gasteiger charge is -2.09. The van der Waals surface area contributed by atoms with Crippen molar-refractivity contribution in [3.8, 4) is 5.69 Å². The summed E-state index contributed by atoms with van der Waals surface area (Å²) in [6.07, 6.45) is 1.79. The van der Waals surface area contributed by atoms with Gasteiger partial charge in [0.2, 0.25) is 0 Å². The molecule has 0 radical (unpaired) electrons. The van der Waals surface area contributed by atoms with Crippen LogP contribution >= 0.6 is 0 Å². The van der Waals surface area contributed by atoms with Crippen LogP contribution in [0.3, 0.4) is 0 Å². The van der Waals surface area contributed by atoms with Crippen LogP contribution in [0.1, 0.15) is 19.5 Å². The number of hydrogen-bond acceptors (Lipinski definition) is 3. The van der Waals surface area contributed by atoms with Crippen LogP contribution in [0.2, 0.25) is 0 Å². The van der Waals surface area contributed by atoms with Gasteiger partial charge >= 0.3 is 0 Å². The topological polar surface area (TPSA) is 42.7 Å². The highest BCUT2D eigenvalue weighted by atomic mass is 15.4. The summed E-state index contributed by atoms with van der Waals surface area (Å²) in [6, 6.07) is 10.5. The Morgan fingerprint density at radius 1 is 1.25 bits per heavy atom. The smallest absolute Gasteiger partial charge is 0.0783 e. The van der Waals surface area contributed by atoms with Crippen molar-refractivity contribution in [1.29, 1.82) is 0 Å². The van der Waals surface area contributed by atoms with Crippen LogP contribution < -0.4 is 5.32 Å². The summed E-state index contributed by atoms with van der Waals surface area (Å²) in [5.74, 6) is 0. The molecule has 0 bridgehead atoms. The van der Waals surface area contributed by atoms with Crippen molar-refractivity contribution in [2.45, 2.75) is 26.4 Å². The van der Waals surface area contributed by atoms with E-state index < -0.39 is 0 Å². The number of benzene rings is 1. The average molecular weight is 216 g/mol. The van der Waals surface area contributed by atoms with E-state index in [0.717, 1.165) is 17.9 Å². The molecule has 84 valence electrons. The number of nitrogens with zero attached hydrogens (tertiary/aromatic N) is 3. The molecule has 1 heterocycles. The second-order valence-electron chi connectivity index (χ2n) is 4.01. The van der Waals surface area contributed by atoms with Crippen molar-refractivity contribution in [2.24, 2.45) is 0 Å². The van der Waals surface area contributed by atoms with E-state index in [9.17, 15) is 0 Å². The summed E-state index contributed by atoms with van der Waals surface area (Å²) in [7, 11) is 0. The van der Waals surface area contributed by atoms with E-state index in [-0.39, 0.29) is 0 Å². The number of para-hydroxylation sites is 1. The van der Waals surface area contributed by atoms with Gasteiger partial charge in [-0.1, -0.05) is 37.3 Å². The Kier molecular flexibility index (Phi) is 3.31. The van der Waals surface area contributed by atoms with Crippen LogP contribution in [0.5, 0.6) is 0 Å². The lowest BCUT2D eigenvalue weighted by atomic mass is 10.3. The maximum absolute atomic E-state index is 4.09. The van der Waals surface area contributed by atoms with Crippen molar-refractivity contribution in [3.05, 3.63) is 42.2 Å². The highest BCUT2D eigenvalue weighted by Crippen LogP contribution is 2.08. The van der Waals surface area contributed by atoms with Crippen molar-refractivity contribution in [1.82, 2.24) is 20.3 Å². The zero-order chi connectivity index (χ0) is 11.4. The molecule has 0 saturated carbocycles. The predicted molar refractivity (Wildman–Crippen MR) is 63.3 cm³/mol. The Hall–Kier alpha value is -1.68. The quantitative estimate of drug-likeness (QED) is 0.847. The van der Waals surface area contributed by atoms with Crippen molar-refractivity contribution >= 4 is 0 Å². The molecule has 0 amide bonds. The molecule has 4 nitrogen and oxygen atoms in total. The Labute approximate surface area is 95.3 Å². The van der Waals surface area contributed by atoms with Gasteiger partial charge in [-0.3, -0.25) is 0 Å². The molecule has 0 spiro atoms. The van der Waals surface area contributed by atoms with Gasteiger partial charge in [0.15, 0.2) is 0 Å². The van der Waals surface area contributed by atoms with Crippen molar-refractivity contribution in [3.63, 3.8) is 0 Å². The number of nitrogens with one attached hydrogen (secondary N) is 1. The number of aromatic nitrogens is 3. The van der Waals surface area contributed by atoms with Gasteiger partial charge < -0.3 is 5.32 Å². The molecule has 0 aliphatic carbocycles. The highest BCUT2D eigenvalue weighted by molar-refractivity contribution is 5.31. The van der Waals surface area contributed by atoms with Crippen molar-refractivity contribution in [2.75, 3.05) is 0 Å². The molecule has 0 aliphatic heterocycles. The first-order valence-corrected chi connectivity index (χ1v) is 5.46. The number of hydrogen-bond donors (Lipinski definition) is 1. The molecular formula is C12H16N4. The van der Waals surface area contributed by atoms with Gasteiger partial charge in [-0.25, -0.2) is 4.68 Å². The Bertz CT molecular complexity index is 433. The lowest BCUT2D eigenvalue weighted by Crippen LogP contribution is -2.23. The predicted octanol–water partition coefficient (Wildman–Crippen LogP) is 1.77. The summed E-state index contributed by atoms with van der Waals surface area (Å²) in [4.78, 5) is 0. The second-order valence-corrected chi connectivity index (χ2v) is 4.01. The summed E-state index contributed by atoms with van der Waals surface area (Å²) < 4.78 is 1.86. The van der Waals surface area contributed by atoms with Gasteiger partial charge in [0.25, 0.3) is 0 Å². The molecular weight excluding hydrogens is 200 g/mol. The summed E-state index contributed by atoms with van der Waals surface area (Å²) in [5.41, 5.74) is 2.11. The van der Waals surface area contributed by atoms with Crippen LogP contribution in [-0.2, 0) is 6.54 Å². The molecule has 4 heteroatoms. The van der Waals surface area contributed by atoms with Crippen LogP contribution in [0.4, 0.5) is 0 Å². The van der Waals surface area contributed by atoms with E-state index in [1.165, 1.54) is 0 Å². The minimum atomic E-state index is 0.458. The van der Waals surface area contributed by atoms with Crippen LogP contribution in [0, 0.1) is 0 Å². The van der Waals surface area contributed by atoms with Gasteiger partial charge in [0.1, 0.15) is 0 Å². The standard InChI is InChI=1S/C12H16N4/c1-10(2)13-8-12-9-14-15-16(12)11-6-4-3-5-7-11/h3-7,9-10,13H,8H2,1-2H3. The molecule has 0 aliphatic rings. The van der Waals surface area contributed by atoms with E-state index in [2.05, 4.69) is 29.5 Å². The molecule has 2 rings (SSSR count). The first kappa shape index (κ1) is 10.8. The zero-order valence-electron chi connectivity index (χ0n) is 9.59. The molecule has 16 heavy (non-hydrogen) atoms. The maximum atomic E-state index is 4.09. The largest absolute Gasteiger partial charge is 0.309 e. The minimum absolute atomic E-state index is 0.458. The normalized spacial score (nSPS) is 10.9. The van der Waals surface area contributed by atoms with Crippen LogP contribution in [0.15, 0.2) is 36.5 Å². The molecule has 1 aromatic carbocycles. The van der Waals surface area contributed by atoms with E-state index in [1.807, 2.05) is 35.0 Å². The van der Waals surface area contributed by atoms with Gasteiger partial charge in [-0.05, 0) is 12.1 Å². The SMILES string of the molecule is CC(C)NCc1cnnn1-c1ccccc1. The Morgan fingerprint density at radius 3 is 2.69 bits per heavy atom. The molecule has 2 aromatic rings. The average Bonchev–Trinajstić information content (AvgIpc) is 2.75. The van der Waals surface area contributed by atoms with Gasteiger partial charge in [-0.15, -0.1) is 5.10 Å². The molecule has 0 unspecified atom stereocenters. The first-order chi connectivity index (χ1) is 7.77. The molecule has 0 saturated heterocycles. The summed E-state index contributed by atoms with van der Waals surface area (Å²) >= 11 is 0. The third-order valence-electron chi connectivity index (χ3n) is 2.31. The third kappa shape index (κ3) is 2.46. The summed E-state index contributed by atoms with van der Waals surface area (Å²) in [5, 5.41) is 11.4. The lowest BCUT2D eigenvalue weighted by molar-refractivity contribution is 0.570. The summed E-state index contributed by atoms with van der Waals surface area (Å²) in [6.45, 7) is 5.02. The molecule has 0 fully saturated rings. The van der Waals surface area contributed by atoms with E-state index in [0.29, 0.717) is 6.04 Å². The van der Waals surface area contributed by atoms with Gasteiger partial charge in [0, 0.05) is 12.6 Å². The second kappa shape index (κ2) is 4.90. The fraction of sp³-hybridized carbons (Fsp3) is 0.333. The zero-order valence-corrected chi connectivity index (χ0v) is 9.59. The van der Waals surface area contributed by atoms with Gasteiger partial charge in [-0.2, -0.15) is 0 Å². The maximum Gasteiger partial charge on any atom is 0.0783 e. The van der Waals surface area contributed by atoms with Crippen molar-refractivity contribution < 1.29 is 0 Å². The monoisotopic (exact) mass is 216 g/mol. The van der Waals surface area contributed by atoms with Gasteiger partial charge in [0.05, 0.1) is 17.6 Å². The molecule has 0 atom stereocenters. The minimum Gasteiger partial charge on any atom is -0.309 e. The first-order valence-electron chi connectivity index (χ1n) is 5.46. The van der Waals surface area contributed by atoms with E-state index in [1.54, 1.807) is 6.20 Å².